The van der Waals surface area contributed by atoms with Gasteiger partial charge in [0.15, 0.2) is 11.4 Å². The summed E-state index contributed by atoms with van der Waals surface area (Å²) in [6.07, 6.45) is 4.45. The van der Waals surface area contributed by atoms with Gasteiger partial charge in [-0.15, -0.1) is 0 Å². The Labute approximate surface area is 166 Å². The lowest BCUT2D eigenvalue weighted by Gasteiger charge is -2.28. The molecule has 1 N–H and O–H groups in total. The lowest BCUT2D eigenvalue weighted by molar-refractivity contribution is 0.389. The van der Waals surface area contributed by atoms with Gasteiger partial charge in [-0.2, -0.15) is 0 Å². The van der Waals surface area contributed by atoms with E-state index in [4.69, 9.17) is 0 Å². The quantitative estimate of drug-likeness (QED) is 0.479. The first-order valence-corrected chi connectivity index (χ1v) is 10.3. The molecule has 0 saturated carbocycles. The summed E-state index contributed by atoms with van der Waals surface area (Å²) in [5.74, 6) is 0.423. The van der Waals surface area contributed by atoms with Gasteiger partial charge in [0.2, 0.25) is 0 Å². The van der Waals surface area contributed by atoms with Crippen LogP contribution in [-0.2, 0) is 12.8 Å². The molecule has 0 aliphatic heterocycles. The highest BCUT2D eigenvalue weighted by molar-refractivity contribution is 5.55. The van der Waals surface area contributed by atoms with Gasteiger partial charge in [-0.05, 0) is 68.9 Å². The third-order valence-electron chi connectivity index (χ3n) is 6.09. The number of rotatable bonds is 9. The van der Waals surface area contributed by atoms with E-state index in [1.807, 2.05) is 6.07 Å². The average molecular weight is 371 g/mol. The molecule has 0 unspecified atom stereocenters. The Morgan fingerprint density at radius 1 is 0.704 bits per heavy atom. The van der Waals surface area contributed by atoms with Crippen LogP contribution in [0.2, 0.25) is 0 Å². The van der Waals surface area contributed by atoms with Crippen molar-refractivity contribution in [1.82, 2.24) is 8.97 Å². The Morgan fingerprint density at radius 2 is 1.22 bits per heavy atom. The summed E-state index contributed by atoms with van der Waals surface area (Å²) in [6.45, 7) is 6.42. The normalized spacial score (nSPS) is 12.4. The zero-order valence-electron chi connectivity index (χ0n) is 18.1. The molecule has 3 heteroatoms. The third kappa shape index (κ3) is 5.57. The van der Waals surface area contributed by atoms with E-state index in [1.54, 1.807) is 0 Å². The second-order valence-corrected chi connectivity index (χ2v) is 8.70. The minimum atomic E-state index is 0.423. The molecule has 0 aromatic heterocycles. The first-order chi connectivity index (χ1) is 12.7. The Balaban J connectivity index is 1.86. The van der Waals surface area contributed by atoms with Crippen LogP contribution in [0.15, 0.2) is 42.5 Å². The topological polar surface area (TPSA) is 20.2 Å². The van der Waals surface area contributed by atoms with Crippen molar-refractivity contribution in [1.29, 1.82) is 0 Å². The largest absolute Gasteiger partial charge is 0.503 e. The number of phenols is 1. The second-order valence-electron chi connectivity index (χ2n) is 8.70. The average Bonchev–Trinajstić information content (AvgIpc) is 2.65. The molecule has 0 aliphatic carbocycles. The number of hydrogen-bond donors (Lipinski definition) is 1. The van der Waals surface area contributed by atoms with Gasteiger partial charge < -0.3 is 5.11 Å². The maximum absolute atomic E-state index is 10.4. The van der Waals surface area contributed by atoms with Gasteiger partial charge >= 0.3 is 0 Å². The molecule has 3 nitrogen and oxygen atoms in total. The molecule has 0 atom stereocenters. The fraction of sp³-hybridized carbons (Fsp3) is 0.500. The highest BCUT2D eigenvalue weighted by Crippen LogP contribution is 2.31. The molecule has 2 rings (SSSR count). The van der Waals surface area contributed by atoms with Crippen LogP contribution in [0.3, 0.4) is 0 Å². The van der Waals surface area contributed by atoms with E-state index in [2.05, 4.69) is 78.4 Å². The zero-order chi connectivity index (χ0) is 20.1. The molecule has 0 radical (unpaired) electrons. The van der Waals surface area contributed by atoms with Gasteiger partial charge in [0.05, 0.1) is 41.3 Å². The fourth-order valence-corrected chi connectivity index (χ4v) is 3.31. The maximum atomic E-state index is 10.4. The highest BCUT2D eigenvalue weighted by atomic mass is 16.3. The van der Waals surface area contributed by atoms with Gasteiger partial charge in [0.25, 0.3) is 0 Å². The molecule has 0 heterocycles. The van der Waals surface area contributed by atoms with Crippen molar-refractivity contribution < 1.29 is 5.11 Å². The Kier molecular flexibility index (Phi) is 7.07. The molecule has 0 fully saturated rings. The van der Waals surface area contributed by atoms with Crippen LogP contribution in [0.4, 0.5) is 11.4 Å². The molecular weight excluding hydrogens is 332 g/mol. The van der Waals surface area contributed by atoms with Crippen LogP contribution in [0.25, 0.3) is 0 Å². The summed E-state index contributed by atoms with van der Waals surface area (Å²) in [6, 6.07) is 15.3. The monoisotopic (exact) mass is 370 g/mol. The molecule has 148 valence electrons. The van der Waals surface area contributed by atoms with E-state index in [1.165, 1.54) is 23.2 Å². The molecule has 0 aliphatic rings. The van der Waals surface area contributed by atoms with E-state index in [0.717, 1.165) is 42.5 Å². The van der Waals surface area contributed by atoms with E-state index in [-0.39, 0.29) is 0 Å². The first-order valence-electron chi connectivity index (χ1n) is 10.3. The number of aryl methyl sites for hydroxylation is 2. The Bertz CT molecular complexity index is 733. The van der Waals surface area contributed by atoms with Crippen LogP contribution >= 0.6 is 0 Å². The number of quaternary nitrogens is 2. The third-order valence-corrected chi connectivity index (χ3v) is 6.09. The summed E-state index contributed by atoms with van der Waals surface area (Å²) in [5, 5.41) is 10.4. The number of hydrogen-bond acceptors (Lipinski definition) is 1. The molecule has 2 aromatic rings. The van der Waals surface area contributed by atoms with E-state index in [9.17, 15) is 5.11 Å². The van der Waals surface area contributed by atoms with Crippen LogP contribution in [0.5, 0.6) is 5.75 Å². The summed E-state index contributed by atoms with van der Waals surface area (Å²) in [7, 11) is 8.74. The fourth-order valence-electron chi connectivity index (χ4n) is 3.31. The van der Waals surface area contributed by atoms with Gasteiger partial charge in [-0.3, -0.25) is 8.97 Å². The standard InChI is InChI=1S/C24H37N2O/c1-7-25(3,4)22-16-13-20(14-17-22)11-9-10-12-21-15-18-23(24(27)19-21)26(5,6)8-2/h13-19H,7-12H2,1-6H3/q+1/p+1. The van der Waals surface area contributed by atoms with Crippen molar-refractivity contribution in [2.45, 2.75) is 39.5 Å². The van der Waals surface area contributed by atoms with Gasteiger partial charge in [-0.25, -0.2) is 0 Å². The van der Waals surface area contributed by atoms with Crippen LogP contribution < -0.4 is 8.97 Å². The molecule has 0 spiro atoms. The molecule has 0 amide bonds. The summed E-state index contributed by atoms with van der Waals surface area (Å²) < 4.78 is 1.63. The predicted molar refractivity (Wildman–Crippen MR) is 120 cm³/mol. The molecule has 0 bridgehead atoms. The maximum Gasteiger partial charge on any atom is 0.177 e. The zero-order valence-corrected chi connectivity index (χ0v) is 18.1. The Morgan fingerprint density at radius 3 is 1.74 bits per heavy atom. The number of nitrogens with zero attached hydrogens (tertiary/aromatic N) is 2. The Hall–Kier alpha value is -1.84. The molecular formula is C24H38N2O+2. The first kappa shape index (κ1) is 21.5. The van der Waals surface area contributed by atoms with Gasteiger partial charge in [0, 0.05) is 6.07 Å². The van der Waals surface area contributed by atoms with E-state index < -0.39 is 0 Å². The summed E-state index contributed by atoms with van der Waals surface area (Å²) in [5.41, 5.74) is 5.00. The van der Waals surface area contributed by atoms with E-state index in [0.29, 0.717) is 10.2 Å². The van der Waals surface area contributed by atoms with Crippen LogP contribution in [0.1, 0.15) is 37.8 Å². The van der Waals surface area contributed by atoms with Crippen molar-refractivity contribution in [3.05, 3.63) is 53.6 Å². The second kappa shape index (κ2) is 8.90. The lowest BCUT2D eigenvalue weighted by Crippen LogP contribution is -2.39. The predicted octanol–water partition coefficient (Wildman–Crippen LogP) is 5.13. The van der Waals surface area contributed by atoms with Crippen molar-refractivity contribution in [2.75, 3.05) is 41.3 Å². The van der Waals surface area contributed by atoms with E-state index >= 15 is 0 Å². The highest BCUT2D eigenvalue weighted by Gasteiger charge is 2.20. The minimum absolute atomic E-state index is 0.423. The molecule has 2 aromatic carbocycles. The van der Waals surface area contributed by atoms with Crippen LogP contribution in [0, 0.1) is 0 Å². The minimum Gasteiger partial charge on any atom is -0.503 e. The summed E-state index contributed by atoms with van der Waals surface area (Å²) >= 11 is 0. The molecule has 27 heavy (non-hydrogen) atoms. The number of aromatic hydroxyl groups is 1. The van der Waals surface area contributed by atoms with Crippen LogP contribution in [-0.4, -0.2) is 46.4 Å². The van der Waals surface area contributed by atoms with Crippen molar-refractivity contribution in [2.24, 2.45) is 0 Å². The van der Waals surface area contributed by atoms with Crippen molar-refractivity contribution >= 4 is 11.4 Å². The number of unbranched alkanes of at least 4 members (excludes halogenated alkanes) is 1. The smallest absolute Gasteiger partial charge is 0.177 e. The van der Waals surface area contributed by atoms with Crippen molar-refractivity contribution in [3.63, 3.8) is 0 Å². The number of phenolic OH excluding ortho intramolecular Hbond substituents is 1. The summed E-state index contributed by atoms with van der Waals surface area (Å²) in [4.78, 5) is 0. The molecule has 0 saturated heterocycles. The van der Waals surface area contributed by atoms with Gasteiger partial charge in [-0.1, -0.05) is 18.2 Å². The SMILES string of the molecule is CC[N+](C)(C)c1ccc(CCCCc2ccc([N+](C)(C)CC)c(O)c2)cc1. The lowest BCUT2D eigenvalue weighted by atomic mass is 10.0. The van der Waals surface area contributed by atoms with Crippen molar-refractivity contribution in [3.8, 4) is 5.75 Å². The van der Waals surface area contributed by atoms with Gasteiger partial charge in [0.1, 0.15) is 5.69 Å². The number of benzene rings is 2.